The number of hydrogen-bond acceptors (Lipinski definition) is 5. The highest BCUT2D eigenvalue weighted by molar-refractivity contribution is 7.92. The third kappa shape index (κ3) is 6.98. The summed E-state index contributed by atoms with van der Waals surface area (Å²) in [5.74, 6) is 1.29. The molecule has 8 heteroatoms. The van der Waals surface area contributed by atoms with Crippen LogP contribution in [0.2, 0.25) is 0 Å². The van der Waals surface area contributed by atoms with Gasteiger partial charge in [0, 0.05) is 12.1 Å². The van der Waals surface area contributed by atoms with Crippen molar-refractivity contribution in [3.8, 4) is 11.5 Å². The van der Waals surface area contributed by atoms with Crippen LogP contribution in [-0.2, 0) is 14.8 Å². The average Bonchev–Trinajstić information content (AvgIpc) is 2.79. The molecular weight excluding hydrogens is 440 g/mol. The highest BCUT2D eigenvalue weighted by Crippen LogP contribution is 2.22. The highest BCUT2D eigenvalue weighted by Gasteiger charge is 2.15. The molecule has 0 heterocycles. The van der Waals surface area contributed by atoms with Crippen molar-refractivity contribution < 1.29 is 22.7 Å². The molecule has 0 fully saturated rings. The van der Waals surface area contributed by atoms with Crippen LogP contribution >= 0.6 is 0 Å². The summed E-state index contributed by atoms with van der Waals surface area (Å²) in [6, 6.07) is 18.8. The smallest absolute Gasteiger partial charge is 0.261 e. The fourth-order valence-corrected chi connectivity index (χ4v) is 4.30. The van der Waals surface area contributed by atoms with Crippen LogP contribution in [0.3, 0.4) is 0 Å². The summed E-state index contributed by atoms with van der Waals surface area (Å²) in [4.78, 5) is 12.3. The molecule has 7 nitrogen and oxygen atoms in total. The van der Waals surface area contributed by atoms with E-state index in [1.54, 1.807) is 25.3 Å². The van der Waals surface area contributed by atoms with Gasteiger partial charge in [-0.15, -0.1) is 0 Å². The van der Waals surface area contributed by atoms with E-state index in [2.05, 4.69) is 10.0 Å². The topological polar surface area (TPSA) is 93.7 Å². The van der Waals surface area contributed by atoms with Gasteiger partial charge in [-0.25, -0.2) is 8.42 Å². The molecule has 0 aromatic heterocycles. The molecule has 2 N–H and O–H groups in total. The molecule has 0 saturated carbocycles. The number of nitrogens with one attached hydrogen (secondary N) is 2. The van der Waals surface area contributed by atoms with E-state index in [0.29, 0.717) is 30.2 Å². The maximum absolute atomic E-state index is 12.7. The number of rotatable bonds is 10. The van der Waals surface area contributed by atoms with Crippen molar-refractivity contribution >= 4 is 27.3 Å². The summed E-state index contributed by atoms with van der Waals surface area (Å²) in [6.45, 7) is 4.21. The summed E-state index contributed by atoms with van der Waals surface area (Å²) in [7, 11) is -2.13. The second kappa shape index (κ2) is 10.9. The monoisotopic (exact) mass is 468 g/mol. The van der Waals surface area contributed by atoms with Gasteiger partial charge in [0.2, 0.25) is 5.91 Å². The zero-order valence-corrected chi connectivity index (χ0v) is 19.7. The Morgan fingerprint density at radius 2 is 1.58 bits per heavy atom. The standard InChI is InChI=1S/C25H28N2O5S/c1-18-6-15-24(19(2)17-18)27-33(29,30)23-13-7-20(8-14-23)26-25(28)5-4-16-32-22-11-9-21(31-3)10-12-22/h6-15,17,27H,4-5,16H2,1-3H3,(H,26,28). The van der Waals surface area contributed by atoms with Crippen molar-refractivity contribution in [1.29, 1.82) is 0 Å². The van der Waals surface area contributed by atoms with Crippen LogP contribution in [0.25, 0.3) is 0 Å². The van der Waals surface area contributed by atoms with Crippen LogP contribution in [0.4, 0.5) is 11.4 Å². The predicted molar refractivity (Wildman–Crippen MR) is 130 cm³/mol. The molecule has 0 atom stereocenters. The molecule has 174 valence electrons. The van der Waals surface area contributed by atoms with Crippen LogP contribution < -0.4 is 19.5 Å². The normalized spacial score (nSPS) is 11.0. The molecule has 3 rings (SSSR count). The van der Waals surface area contributed by atoms with E-state index in [1.807, 2.05) is 50.2 Å². The first kappa shape index (κ1) is 24.1. The van der Waals surface area contributed by atoms with Gasteiger partial charge in [-0.05, 0) is 80.4 Å². The van der Waals surface area contributed by atoms with Crippen molar-refractivity contribution in [2.45, 2.75) is 31.6 Å². The Labute approximate surface area is 194 Å². The maximum atomic E-state index is 12.7. The molecule has 0 radical (unpaired) electrons. The Morgan fingerprint density at radius 1 is 0.909 bits per heavy atom. The van der Waals surface area contributed by atoms with Gasteiger partial charge in [0.15, 0.2) is 0 Å². The first-order valence-electron chi connectivity index (χ1n) is 10.5. The lowest BCUT2D eigenvalue weighted by Crippen LogP contribution is -2.15. The molecule has 0 aliphatic rings. The van der Waals surface area contributed by atoms with E-state index in [9.17, 15) is 13.2 Å². The van der Waals surface area contributed by atoms with Crippen molar-refractivity contribution in [2.75, 3.05) is 23.8 Å². The second-order valence-electron chi connectivity index (χ2n) is 7.62. The Balaban J connectivity index is 1.48. The maximum Gasteiger partial charge on any atom is 0.261 e. The molecule has 0 spiro atoms. The van der Waals surface area contributed by atoms with Gasteiger partial charge >= 0.3 is 0 Å². The van der Waals surface area contributed by atoms with Gasteiger partial charge in [-0.3, -0.25) is 9.52 Å². The number of hydrogen-bond donors (Lipinski definition) is 2. The molecular formula is C25H28N2O5S. The molecule has 3 aromatic rings. The lowest BCUT2D eigenvalue weighted by Gasteiger charge is -2.12. The van der Waals surface area contributed by atoms with Crippen molar-refractivity contribution in [3.63, 3.8) is 0 Å². The first-order valence-corrected chi connectivity index (χ1v) is 12.0. The number of benzene rings is 3. The molecule has 0 unspecified atom stereocenters. The van der Waals surface area contributed by atoms with Crippen molar-refractivity contribution in [1.82, 2.24) is 0 Å². The fourth-order valence-electron chi connectivity index (χ4n) is 3.17. The lowest BCUT2D eigenvalue weighted by molar-refractivity contribution is -0.116. The summed E-state index contributed by atoms with van der Waals surface area (Å²) in [5, 5.41) is 2.77. The van der Waals surface area contributed by atoms with E-state index < -0.39 is 10.0 Å². The lowest BCUT2D eigenvalue weighted by atomic mass is 10.1. The minimum atomic E-state index is -3.73. The van der Waals surface area contributed by atoms with Crippen LogP contribution in [0.5, 0.6) is 11.5 Å². The number of aryl methyl sites for hydroxylation is 2. The van der Waals surface area contributed by atoms with Crippen molar-refractivity contribution in [3.05, 3.63) is 77.9 Å². The quantitative estimate of drug-likeness (QED) is 0.412. The molecule has 0 aliphatic carbocycles. The van der Waals surface area contributed by atoms with Crippen molar-refractivity contribution in [2.24, 2.45) is 0 Å². The summed E-state index contributed by atoms with van der Waals surface area (Å²) >= 11 is 0. The highest BCUT2D eigenvalue weighted by atomic mass is 32.2. The largest absolute Gasteiger partial charge is 0.497 e. The zero-order chi connectivity index (χ0) is 23.8. The molecule has 0 saturated heterocycles. The summed E-state index contributed by atoms with van der Waals surface area (Å²) in [5.41, 5.74) is 2.97. The van der Waals surface area contributed by atoms with Crippen LogP contribution in [0.15, 0.2) is 71.6 Å². The number of methoxy groups -OCH3 is 1. The Bertz CT molecular complexity index is 1190. The Hall–Kier alpha value is -3.52. The molecule has 0 bridgehead atoms. The molecule has 3 aromatic carbocycles. The minimum absolute atomic E-state index is 0.119. The van der Waals surface area contributed by atoms with Gasteiger partial charge in [0.1, 0.15) is 11.5 Å². The number of amides is 1. The molecule has 1 amide bonds. The third-order valence-electron chi connectivity index (χ3n) is 4.95. The van der Waals surface area contributed by atoms with E-state index in [1.165, 1.54) is 12.1 Å². The predicted octanol–water partition coefficient (Wildman–Crippen LogP) is 4.91. The van der Waals surface area contributed by atoms with Gasteiger partial charge in [-0.2, -0.15) is 0 Å². The zero-order valence-electron chi connectivity index (χ0n) is 18.9. The van der Waals surface area contributed by atoms with E-state index in [-0.39, 0.29) is 17.2 Å². The van der Waals surface area contributed by atoms with E-state index in [4.69, 9.17) is 9.47 Å². The Morgan fingerprint density at radius 3 is 2.21 bits per heavy atom. The fraction of sp³-hybridized carbons (Fsp3) is 0.240. The van der Waals surface area contributed by atoms with Gasteiger partial charge < -0.3 is 14.8 Å². The average molecular weight is 469 g/mol. The number of carbonyl (C=O) groups is 1. The third-order valence-corrected chi connectivity index (χ3v) is 6.33. The van der Waals surface area contributed by atoms with Crippen LogP contribution in [-0.4, -0.2) is 28.0 Å². The van der Waals surface area contributed by atoms with Crippen LogP contribution in [0, 0.1) is 13.8 Å². The van der Waals surface area contributed by atoms with Gasteiger partial charge in [0.25, 0.3) is 10.0 Å². The SMILES string of the molecule is COc1ccc(OCCCC(=O)Nc2ccc(S(=O)(=O)Nc3ccc(C)cc3C)cc2)cc1. The summed E-state index contributed by atoms with van der Waals surface area (Å²) < 4.78 is 38.7. The van der Waals surface area contributed by atoms with E-state index in [0.717, 1.165) is 16.9 Å². The first-order chi connectivity index (χ1) is 15.8. The minimum Gasteiger partial charge on any atom is -0.497 e. The molecule has 0 aliphatic heterocycles. The number of anilines is 2. The van der Waals surface area contributed by atoms with E-state index >= 15 is 0 Å². The summed E-state index contributed by atoms with van der Waals surface area (Å²) in [6.07, 6.45) is 0.828. The number of sulfonamides is 1. The Kier molecular flexibility index (Phi) is 7.95. The van der Waals surface area contributed by atoms with Gasteiger partial charge in [-0.1, -0.05) is 17.7 Å². The van der Waals surface area contributed by atoms with Gasteiger partial charge in [0.05, 0.1) is 24.3 Å². The number of ether oxygens (including phenoxy) is 2. The number of carbonyl (C=O) groups excluding carboxylic acids is 1. The molecule has 33 heavy (non-hydrogen) atoms. The van der Waals surface area contributed by atoms with Crippen LogP contribution in [0.1, 0.15) is 24.0 Å². The second-order valence-corrected chi connectivity index (χ2v) is 9.31.